The van der Waals surface area contributed by atoms with Gasteiger partial charge < -0.3 is 0 Å². The van der Waals surface area contributed by atoms with E-state index in [2.05, 4.69) is 24.0 Å². The molecule has 0 fully saturated rings. The average molecular weight is 108 g/mol. The number of pyridine rings is 1. The van der Waals surface area contributed by atoms with E-state index in [1.54, 1.807) is 0 Å². The lowest BCUT2D eigenvalue weighted by atomic mass is 10.3. The Morgan fingerprint density at radius 1 is 1.25 bits per heavy atom. The lowest BCUT2D eigenvalue weighted by molar-refractivity contribution is -0.388. The van der Waals surface area contributed by atoms with Crippen LogP contribution >= 0.6 is 0 Å². The number of hydrogen-bond acceptors (Lipinski definition) is 0. The summed E-state index contributed by atoms with van der Waals surface area (Å²) in [5, 5.41) is 0. The zero-order valence-electron chi connectivity index (χ0n) is 5.23. The van der Waals surface area contributed by atoms with Crippen LogP contribution in [0.15, 0.2) is 18.3 Å². The van der Waals surface area contributed by atoms with Crippen molar-refractivity contribution in [3.05, 3.63) is 29.6 Å². The van der Waals surface area contributed by atoms with Crippen LogP contribution in [0.4, 0.5) is 0 Å². The van der Waals surface area contributed by atoms with E-state index >= 15 is 0 Å². The van der Waals surface area contributed by atoms with E-state index in [0.29, 0.717) is 0 Å². The first kappa shape index (κ1) is 5.29. The van der Waals surface area contributed by atoms with Crippen molar-refractivity contribution in [3.63, 3.8) is 0 Å². The Balaban J connectivity index is 3.03. The van der Waals surface area contributed by atoms with E-state index in [4.69, 9.17) is 0 Å². The van der Waals surface area contributed by atoms with E-state index in [9.17, 15) is 0 Å². The lowest BCUT2D eigenvalue weighted by Gasteiger charge is -1.82. The fourth-order valence-electron chi connectivity index (χ4n) is 0.580. The first-order valence-electron chi connectivity index (χ1n) is 2.74. The van der Waals surface area contributed by atoms with Crippen molar-refractivity contribution in [3.8, 4) is 0 Å². The molecule has 0 saturated carbocycles. The molecule has 0 bridgehead atoms. The summed E-state index contributed by atoms with van der Waals surface area (Å²) in [5.41, 5.74) is 2.48. The van der Waals surface area contributed by atoms with Gasteiger partial charge in [0.1, 0.15) is 0 Å². The molecule has 1 heteroatoms. The highest BCUT2D eigenvalue weighted by atomic mass is 14.6. The van der Waals surface area contributed by atoms with Gasteiger partial charge in [-0.05, 0) is 13.0 Å². The summed E-state index contributed by atoms with van der Waals surface area (Å²) in [5.74, 6) is 0. The summed E-state index contributed by atoms with van der Waals surface area (Å²) in [6, 6.07) is 4.15. The van der Waals surface area contributed by atoms with Gasteiger partial charge in [-0.1, -0.05) is 0 Å². The molecule has 0 aromatic carbocycles. The summed E-state index contributed by atoms with van der Waals surface area (Å²) in [4.78, 5) is 3.10. The minimum atomic E-state index is 1.20. The maximum absolute atomic E-state index is 3.10. The van der Waals surface area contributed by atoms with Gasteiger partial charge in [-0.3, -0.25) is 0 Å². The van der Waals surface area contributed by atoms with Gasteiger partial charge >= 0.3 is 0 Å². The number of aryl methyl sites for hydroxylation is 2. The fraction of sp³-hybridized carbons (Fsp3) is 0.286. The van der Waals surface area contributed by atoms with Crippen LogP contribution < -0.4 is 4.98 Å². The molecule has 1 aromatic rings. The molecule has 0 spiro atoms. The zero-order valence-corrected chi connectivity index (χ0v) is 5.23. The molecule has 0 aliphatic rings. The number of aromatic amines is 1. The molecule has 1 nitrogen and oxygen atoms in total. The topological polar surface area (TPSA) is 14.1 Å². The maximum atomic E-state index is 3.10. The third kappa shape index (κ3) is 1.06. The number of rotatable bonds is 0. The standard InChI is InChI=1S/C7H9N/c1-6-3-4-7(2)8-5-6/h3-5H,1-2H3/p+1. The Hall–Kier alpha value is -0.850. The van der Waals surface area contributed by atoms with Crippen LogP contribution in [0.3, 0.4) is 0 Å². The quantitative estimate of drug-likeness (QED) is 0.473. The molecular weight excluding hydrogens is 98.1 g/mol. The molecule has 0 amide bonds. The van der Waals surface area contributed by atoms with Crippen LogP contribution in [0.2, 0.25) is 0 Å². The second-order valence-corrected chi connectivity index (χ2v) is 2.05. The molecule has 0 atom stereocenters. The third-order valence-corrected chi connectivity index (χ3v) is 1.12. The summed E-state index contributed by atoms with van der Waals surface area (Å²) in [6.45, 7) is 4.11. The first-order valence-corrected chi connectivity index (χ1v) is 2.74. The molecule has 1 aromatic heterocycles. The largest absolute Gasteiger partial charge is 0.215 e. The molecule has 1 N–H and O–H groups in total. The predicted octanol–water partition coefficient (Wildman–Crippen LogP) is 1.12. The lowest BCUT2D eigenvalue weighted by Crippen LogP contribution is -2.05. The van der Waals surface area contributed by atoms with E-state index in [0.717, 1.165) is 0 Å². The molecule has 1 heterocycles. The van der Waals surface area contributed by atoms with Gasteiger partial charge in [-0.25, -0.2) is 4.98 Å². The molecule has 0 aliphatic carbocycles. The molecule has 42 valence electrons. The Kier molecular flexibility index (Phi) is 1.29. The third-order valence-electron chi connectivity index (χ3n) is 1.12. The van der Waals surface area contributed by atoms with Gasteiger partial charge in [-0.15, -0.1) is 0 Å². The predicted molar refractivity (Wildman–Crippen MR) is 32.5 cm³/mol. The Morgan fingerprint density at radius 3 is 2.38 bits per heavy atom. The van der Waals surface area contributed by atoms with Crippen molar-refractivity contribution in [2.45, 2.75) is 13.8 Å². The molecular formula is C7H10N+. The van der Waals surface area contributed by atoms with Crippen molar-refractivity contribution in [1.29, 1.82) is 0 Å². The molecule has 8 heavy (non-hydrogen) atoms. The van der Waals surface area contributed by atoms with Crippen molar-refractivity contribution < 1.29 is 4.98 Å². The van der Waals surface area contributed by atoms with E-state index in [-0.39, 0.29) is 0 Å². The van der Waals surface area contributed by atoms with Crippen LogP contribution in [0.25, 0.3) is 0 Å². The number of nitrogens with one attached hydrogen (secondary N) is 1. The summed E-state index contributed by atoms with van der Waals surface area (Å²) in [7, 11) is 0. The summed E-state index contributed by atoms with van der Waals surface area (Å²) in [6.07, 6.45) is 2.00. The summed E-state index contributed by atoms with van der Waals surface area (Å²) >= 11 is 0. The van der Waals surface area contributed by atoms with Gasteiger partial charge in [0.2, 0.25) is 0 Å². The van der Waals surface area contributed by atoms with E-state index in [1.807, 2.05) is 13.1 Å². The molecule has 1 rings (SSSR count). The molecule has 0 unspecified atom stereocenters. The number of H-pyrrole nitrogens is 1. The van der Waals surface area contributed by atoms with Crippen molar-refractivity contribution in [2.24, 2.45) is 0 Å². The zero-order chi connectivity index (χ0) is 5.98. The number of aromatic nitrogens is 1. The molecule has 0 saturated heterocycles. The first-order chi connectivity index (χ1) is 3.79. The Bertz CT molecular complexity index is 143. The monoisotopic (exact) mass is 108 g/mol. The van der Waals surface area contributed by atoms with Crippen molar-refractivity contribution >= 4 is 0 Å². The highest BCUT2D eigenvalue weighted by Gasteiger charge is 1.88. The van der Waals surface area contributed by atoms with Gasteiger partial charge in [0.05, 0.1) is 0 Å². The van der Waals surface area contributed by atoms with Crippen LogP contribution in [0.1, 0.15) is 11.3 Å². The van der Waals surface area contributed by atoms with Gasteiger partial charge in [0, 0.05) is 18.6 Å². The fourth-order valence-corrected chi connectivity index (χ4v) is 0.580. The molecule has 0 aliphatic heterocycles. The summed E-state index contributed by atoms with van der Waals surface area (Å²) < 4.78 is 0. The Labute approximate surface area is 49.4 Å². The SMILES string of the molecule is Cc1ccc(C)[nH+]c1. The second kappa shape index (κ2) is 1.95. The van der Waals surface area contributed by atoms with Gasteiger partial charge in [-0.2, -0.15) is 0 Å². The highest BCUT2D eigenvalue weighted by Crippen LogP contribution is 1.90. The smallest absolute Gasteiger partial charge is 0.176 e. The molecule has 0 radical (unpaired) electrons. The maximum Gasteiger partial charge on any atom is 0.176 e. The minimum Gasteiger partial charge on any atom is -0.215 e. The van der Waals surface area contributed by atoms with Crippen molar-refractivity contribution in [1.82, 2.24) is 0 Å². The normalized spacial score (nSPS) is 9.25. The van der Waals surface area contributed by atoms with Crippen LogP contribution in [-0.4, -0.2) is 0 Å². The minimum absolute atomic E-state index is 1.20. The number of hydrogen-bond donors (Lipinski definition) is 0. The van der Waals surface area contributed by atoms with Crippen molar-refractivity contribution in [2.75, 3.05) is 0 Å². The second-order valence-electron chi connectivity index (χ2n) is 2.05. The van der Waals surface area contributed by atoms with E-state index < -0.39 is 0 Å². The van der Waals surface area contributed by atoms with Crippen LogP contribution in [-0.2, 0) is 0 Å². The van der Waals surface area contributed by atoms with E-state index in [1.165, 1.54) is 11.3 Å². The highest BCUT2D eigenvalue weighted by molar-refractivity contribution is 5.05. The average Bonchev–Trinajstić information content (AvgIpc) is 1.77. The van der Waals surface area contributed by atoms with Crippen LogP contribution in [0, 0.1) is 13.8 Å². The Morgan fingerprint density at radius 2 is 2.00 bits per heavy atom. The van der Waals surface area contributed by atoms with Gasteiger partial charge in [0.25, 0.3) is 0 Å². The van der Waals surface area contributed by atoms with Crippen LogP contribution in [0.5, 0.6) is 0 Å². The van der Waals surface area contributed by atoms with Gasteiger partial charge in [0.15, 0.2) is 11.9 Å².